The molecule has 1 amide bonds. The molecule has 2 aromatic rings. The van der Waals surface area contributed by atoms with Gasteiger partial charge in [-0.3, -0.25) is 14.9 Å². The molecule has 9 nitrogen and oxygen atoms in total. The van der Waals surface area contributed by atoms with E-state index in [9.17, 15) is 13.2 Å². The van der Waals surface area contributed by atoms with Crippen LogP contribution in [0.25, 0.3) is 0 Å². The number of aryl methyl sites for hydroxylation is 1. The fourth-order valence-corrected chi connectivity index (χ4v) is 7.22. The van der Waals surface area contributed by atoms with Crippen LogP contribution in [0, 0.1) is 6.92 Å². The number of carbonyl (C=O) groups is 1. The van der Waals surface area contributed by atoms with Crippen molar-refractivity contribution < 1.29 is 17.9 Å². The maximum Gasteiger partial charge on any atom is 0.245 e. The maximum atomic E-state index is 12.7. The van der Waals surface area contributed by atoms with Crippen molar-refractivity contribution >= 4 is 44.2 Å². The van der Waals surface area contributed by atoms with Crippen molar-refractivity contribution in [3.63, 3.8) is 0 Å². The second-order valence-electron chi connectivity index (χ2n) is 7.21. The first-order valence-electron chi connectivity index (χ1n) is 9.60. The summed E-state index contributed by atoms with van der Waals surface area (Å²) in [4.78, 5) is 19.1. The van der Waals surface area contributed by atoms with Crippen LogP contribution in [0.1, 0.15) is 12.6 Å². The van der Waals surface area contributed by atoms with Gasteiger partial charge in [-0.2, -0.15) is 5.10 Å². The number of amides is 1. The molecule has 3 heterocycles. The Morgan fingerprint density at radius 1 is 1.33 bits per heavy atom. The number of sulfone groups is 1. The molecule has 160 valence electrons. The molecule has 1 aromatic heterocycles. The van der Waals surface area contributed by atoms with Crippen molar-refractivity contribution in [2.75, 3.05) is 34.9 Å². The van der Waals surface area contributed by atoms with E-state index in [1.807, 2.05) is 38.1 Å². The van der Waals surface area contributed by atoms with E-state index in [2.05, 4.69) is 20.5 Å². The lowest BCUT2D eigenvalue weighted by Gasteiger charge is -2.24. The Kier molecular flexibility index (Phi) is 5.74. The Morgan fingerprint density at radius 3 is 2.73 bits per heavy atom. The zero-order valence-electron chi connectivity index (χ0n) is 16.7. The Labute approximate surface area is 179 Å². The number of H-pyrrole nitrogens is 1. The van der Waals surface area contributed by atoms with Crippen molar-refractivity contribution in [1.82, 2.24) is 10.2 Å². The van der Waals surface area contributed by atoms with E-state index < -0.39 is 9.84 Å². The van der Waals surface area contributed by atoms with E-state index in [1.54, 1.807) is 11.0 Å². The van der Waals surface area contributed by atoms with Crippen LogP contribution in [-0.4, -0.2) is 65.6 Å². The summed E-state index contributed by atoms with van der Waals surface area (Å²) in [5, 5.41) is 10.1. The minimum absolute atomic E-state index is 0.0257. The second kappa shape index (κ2) is 8.31. The average molecular weight is 450 g/mol. The number of rotatable bonds is 6. The standard InChI is InChI=1S/C19H23N5O4S2/c1-3-28-14-6-4-13(5-7-14)24(9-18(25)21-17-8-12(2)22-23-17)19-20-15-10-30(26,27)11-16(15)29-19/h4-8,15-16H,3,9-11H2,1-2H3,(H2,21,22,23,25)/t15-,16-/m1/s1. The van der Waals surface area contributed by atoms with Gasteiger partial charge in [0.2, 0.25) is 5.91 Å². The van der Waals surface area contributed by atoms with Crippen LogP contribution in [0.3, 0.4) is 0 Å². The van der Waals surface area contributed by atoms with Gasteiger partial charge in [0.15, 0.2) is 20.8 Å². The highest BCUT2D eigenvalue weighted by Gasteiger charge is 2.44. The number of nitrogens with one attached hydrogen (secondary N) is 2. The summed E-state index contributed by atoms with van der Waals surface area (Å²) < 4.78 is 29.3. The number of benzene rings is 1. The Hall–Kier alpha value is -2.53. The van der Waals surface area contributed by atoms with Gasteiger partial charge in [-0.05, 0) is 38.1 Å². The van der Waals surface area contributed by atoms with E-state index in [-0.39, 0.29) is 35.2 Å². The van der Waals surface area contributed by atoms with Gasteiger partial charge in [-0.25, -0.2) is 8.42 Å². The van der Waals surface area contributed by atoms with Gasteiger partial charge in [0.25, 0.3) is 0 Å². The van der Waals surface area contributed by atoms with Crippen molar-refractivity contribution in [1.29, 1.82) is 0 Å². The van der Waals surface area contributed by atoms with E-state index in [4.69, 9.17) is 4.74 Å². The van der Waals surface area contributed by atoms with Crippen LogP contribution >= 0.6 is 11.8 Å². The molecule has 0 aliphatic carbocycles. The molecule has 2 atom stereocenters. The van der Waals surface area contributed by atoms with Gasteiger partial charge in [0, 0.05) is 22.7 Å². The van der Waals surface area contributed by atoms with Gasteiger partial charge < -0.3 is 15.0 Å². The van der Waals surface area contributed by atoms with E-state index in [1.165, 1.54) is 11.8 Å². The monoisotopic (exact) mass is 449 g/mol. The summed E-state index contributed by atoms with van der Waals surface area (Å²) in [5.74, 6) is 1.12. The number of hydrogen-bond donors (Lipinski definition) is 2. The molecule has 0 bridgehead atoms. The number of aromatic amines is 1. The lowest BCUT2D eigenvalue weighted by molar-refractivity contribution is -0.114. The number of anilines is 2. The van der Waals surface area contributed by atoms with Gasteiger partial charge in [0.05, 0.1) is 24.2 Å². The summed E-state index contributed by atoms with van der Waals surface area (Å²) >= 11 is 1.42. The number of thioether (sulfide) groups is 1. The molecule has 30 heavy (non-hydrogen) atoms. The largest absolute Gasteiger partial charge is 0.494 e. The number of amidine groups is 1. The smallest absolute Gasteiger partial charge is 0.245 e. The molecule has 4 rings (SSSR count). The zero-order valence-corrected chi connectivity index (χ0v) is 18.3. The van der Waals surface area contributed by atoms with Crippen LogP contribution in [0.15, 0.2) is 35.3 Å². The number of ether oxygens (including phenoxy) is 1. The first-order valence-corrected chi connectivity index (χ1v) is 12.3. The highest BCUT2D eigenvalue weighted by atomic mass is 32.2. The van der Waals surface area contributed by atoms with Crippen molar-refractivity contribution in [2.24, 2.45) is 4.99 Å². The third kappa shape index (κ3) is 4.62. The fraction of sp³-hybridized carbons (Fsp3) is 0.421. The van der Waals surface area contributed by atoms with Crippen LogP contribution in [0.5, 0.6) is 5.75 Å². The minimum Gasteiger partial charge on any atom is -0.494 e. The van der Waals surface area contributed by atoms with Crippen molar-refractivity contribution in [3.8, 4) is 5.75 Å². The number of hydrogen-bond acceptors (Lipinski definition) is 8. The van der Waals surface area contributed by atoms with E-state index in [0.717, 1.165) is 17.1 Å². The minimum atomic E-state index is -3.05. The Morgan fingerprint density at radius 2 is 2.10 bits per heavy atom. The molecule has 11 heteroatoms. The molecule has 0 unspecified atom stereocenters. The van der Waals surface area contributed by atoms with Crippen LogP contribution in [0.2, 0.25) is 0 Å². The lowest BCUT2D eigenvalue weighted by atomic mass is 10.2. The van der Waals surface area contributed by atoms with Crippen molar-refractivity contribution in [3.05, 3.63) is 36.0 Å². The summed E-state index contributed by atoms with van der Waals surface area (Å²) in [6.45, 7) is 4.36. The fourth-order valence-electron chi connectivity index (χ4n) is 3.44. The topological polar surface area (TPSA) is 117 Å². The van der Waals surface area contributed by atoms with Gasteiger partial charge in [-0.1, -0.05) is 11.8 Å². The predicted octanol–water partition coefficient (Wildman–Crippen LogP) is 1.83. The van der Waals surface area contributed by atoms with E-state index in [0.29, 0.717) is 17.6 Å². The average Bonchev–Trinajstić information content (AvgIpc) is 3.33. The molecule has 1 saturated heterocycles. The molecular weight excluding hydrogens is 426 g/mol. The summed E-state index contributed by atoms with van der Waals surface area (Å²) in [5.41, 5.74) is 1.62. The molecule has 2 aliphatic heterocycles. The highest BCUT2D eigenvalue weighted by Crippen LogP contribution is 2.37. The molecular formula is C19H23N5O4S2. The third-order valence-corrected chi connectivity index (χ3v) is 8.02. The SMILES string of the molecule is CCOc1ccc(N(CC(=O)Nc2cc(C)[nH]n2)C2=N[C@@H]3CS(=O)(=O)C[C@H]3S2)cc1. The lowest BCUT2D eigenvalue weighted by Crippen LogP contribution is -2.36. The molecule has 2 N–H and O–H groups in total. The molecule has 1 aromatic carbocycles. The van der Waals surface area contributed by atoms with Crippen LogP contribution in [0.4, 0.5) is 11.5 Å². The van der Waals surface area contributed by atoms with Gasteiger partial charge in [0.1, 0.15) is 12.3 Å². The zero-order chi connectivity index (χ0) is 21.3. The van der Waals surface area contributed by atoms with Crippen molar-refractivity contribution in [2.45, 2.75) is 25.1 Å². The number of aliphatic imine (C=N–C) groups is 1. The number of carbonyl (C=O) groups excluding carboxylic acids is 1. The normalized spacial score (nSPS) is 21.7. The molecule has 1 fully saturated rings. The van der Waals surface area contributed by atoms with Crippen LogP contribution in [-0.2, 0) is 14.6 Å². The number of nitrogens with zero attached hydrogens (tertiary/aromatic N) is 3. The number of aromatic nitrogens is 2. The first kappa shape index (κ1) is 20.7. The van der Waals surface area contributed by atoms with Gasteiger partial charge >= 0.3 is 0 Å². The van der Waals surface area contributed by atoms with E-state index >= 15 is 0 Å². The first-order chi connectivity index (χ1) is 14.3. The summed E-state index contributed by atoms with van der Waals surface area (Å²) in [6, 6.07) is 8.89. The predicted molar refractivity (Wildman–Crippen MR) is 118 cm³/mol. The molecule has 2 aliphatic rings. The van der Waals surface area contributed by atoms with Crippen LogP contribution < -0.4 is 15.0 Å². The molecule has 0 saturated carbocycles. The Bertz CT molecular complexity index is 1060. The number of fused-ring (bicyclic) bond motifs is 1. The second-order valence-corrected chi connectivity index (χ2v) is 10.6. The Balaban J connectivity index is 1.56. The molecule has 0 spiro atoms. The maximum absolute atomic E-state index is 12.7. The summed E-state index contributed by atoms with van der Waals surface area (Å²) in [6.07, 6.45) is 0. The summed E-state index contributed by atoms with van der Waals surface area (Å²) in [7, 11) is -3.05. The highest BCUT2D eigenvalue weighted by molar-refractivity contribution is 8.15. The quantitative estimate of drug-likeness (QED) is 0.691. The molecule has 0 radical (unpaired) electrons. The third-order valence-electron chi connectivity index (χ3n) is 4.77. The van der Waals surface area contributed by atoms with Gasteiger partial charge in [-0.15, -0.1) is 0 Å².